The Hall–Kier alpha value is -2.42. The van der Waals surface area contributed by atoms with Gasteiger partial charge in [-0.15, -0.1) is 0 Å². The Morgan fingerprint density at radius 1 is 0.613 bits per heavy atom. The minimum absolute atomic E-state index is 0.0896. The van der Waals surface area contributed by atoms with Gasteiger partial charge in [-0.05, 0) is 31.7 Å². The van der Waals surface area contributed by atoms with Gasteiger partial charge in [-0.25, -0.2) is 0 Å². The maximum Gasteiger partial charge on any atom is 0.303 e. The normalized spacial score (nSPS) is 10.9. The average molecular weight is 423 g/mol. The maximum atomic E-state index is 12.5. The zero-order valence-corrected chi connectivity index (χ0v) is 19.1. The van der Waals surface area contributed by atoms with Crippen molar-refractivity contribution in [2.24, 2.45) is 0 Å². The summed E-state index contributed by atoms with van der Waals surface area (Å²) >= 11 is 0. The molecule has 0 saturated heterocycles. The fourth-order valence-corrected chi connectivity index (χ4v) is 3.89. The Bertz CT molecular complexity index is 775. The fourth-order valence-electron chi connectivity index (χ4n) is 3.89. The second kappa shape index (κ2) is 14.6. The Morgan fingerprint density at radius 3 is 1.52 bits per heavy atom. The Balaban J connectivity index is 1.50. The summed E-state index contributed by atoms with van der Waals surface area (Å²) in [6, 6.07) is 15.9. The van der Waals surface area contributed by atoms with Gasteiger partial charge in [0.15, 0.2) is 5.78 Å². The number of aliphatic carboxylic acids is 1. The smallest absolute Gasteiger partial charge is 0.303 e. The van der Waals surface area contributed by atoms with Gasteiger partial charge in [-0.2, -0.15) is 0 Å². The zero-order chi connectivity index (χ0) is 22.3. The van der Waals surface area contributed by atoms with Gasteiger partial charge in [-0.1, -0.05) is 112 Å². The molecule has 2 aromatic rings. The molecule has 0 aromatic heterocycles. The molecule has 1 N–H and O–H groups in total. The molecule has 0 aliphatic rings. The number of benzene rings is 2. The third-order valence-electron chi connectivity index (χ3n) is 5.89. The summed E-state index contributed by atoms with van der Waals surface area (Å²) in [4.78, 5) is 23.0. The van der Waals surface area contributed by atoms with Crippen LogP contribution in [0.5, 0.6) is 0 Å². The summed E-state index contributed by atoms with van der Waals surface area (Å²) in [6.45, 7) is 2.03. The van der Waals surface area contributed by atoms with Gasteiger partial charge in [0.2, 0.25) is 0 Å². The van der Waals surface area contributed by atoms with Crippen molar-refractivity contribution in [3.05, 3.63) is 70.8 Å². The third-order valence-corrected chi connectivity index (χ3v) is 5.89. The quantitative estimate of drug-likeness (QED) is 0.225. The van der Waals surface area contributed by atoms with Crippen LogP contribution in [0.2, 0.25) is 0 Å². The first-order valence-electron chi connectivity index (χ1n) is 12.0. The van der Waals surface area contributed by atoms with Crippen LogP contribution in [0.4, 0.5) is 0 Å². The van der Waals surface area contributed by atoms with Crippen LogP contribution in [-0.2, 0) is 11.2 Å². The predicted octanol–water partition coefficient (Wildman–Crippen LogP) is 7.53. The van der Waals surface area contributed by atoms with E-state index in [-0.39, 0.29) is 5.78 Å². The van der Waals surface area contributed by atoms with Gasteiger partial charge in [0.05, 0.1) is 0 Å². The van der Waals surface area contributed by atoms with Crippen LogP contribution in [0, 0.1) is 6.92 Å². The second-order valence-electron chi connectivity index (χ2n) is 8.67. The summed E-state index contributed by atoms with van der Waals surface area (Å²) in [5, 5.41) is 8.60. The molecule has 31 heavy (non-hydrogen) atoms. The zero-order valence-electron chi connectivity index (χ0n) is 19.1. The molecule has 0 bridgehead atoms. The molecule has 0 aliphatic carbocycles. The lowest BCUT2D eigenvalue weighted by Crippen LogP contribution is -2.01. The molecule has 2 aromatic carbocycles. The van der Waals surface area contributed by atoms with Gasteiger partial charge in [0, 0.05) is 17.5 Å². The lowest BCUT2D eigenvalue weighted by Gasteiger charge is -2.05. The maximum absolute atomic E-state index is 12.5. The molecule has 0 atom stereocenters. The molecular formula is C28H38O3. The van der Waals surface area contributed by atoms with Gasteiger partial charge in [0.25, 0.3) is 0 Å². The van der Waals surface area contributed by atoms with Gasteiger partial charge >= 0.3 is 5.97 Å². The molecule has 0 radical (unpaired) electrons. The number of carboxylic acid groups (broad SMARTS) is 1. The summed E-state index contributed by atoms with van der Waals surface area (Å²) in [6.07, 6.45) is 14.6. The van der Waals surface area contributed by atoms with Crippen LogP contribution in [0.25, 0.3) is 0 Å². The molecule has 0 heterocycles. The van der Waals surface area contributed by atoms with E-state index in [1.165, 1.54) is 63.4 Å². The van der Waals surface area contributed by atoms with Crippen molar-refractivity contribution in [1.82, 2.24) is 0 Å². The first-order valence-corrected chi connectivity index (χ1v) is 12.0. The lowest BCUT2D eigenvalue weighted by atomic mass is 9.99. The summed E-state index contributed by atoms with van der Waals surface area (Å²) in [7, 11) is 0. The third kappa shape index (κ3) is 10.4. The van der Waals surface area contributed by atoms with Crippen LogP contribution in [0.15, 0.2) is 48.5 Å². The van der Waals surface area contributed by atoms with Crippen LogP contribution < -0.4 is 0 Å². The van der Waals surface area contributed by atoms with Gasteiger partial charge < -0.3 is 5.11 Å². The molecule has 0 spiro atoms. The summed E-state index contributed by atoms with van der Waals surface area (Å²) in [5.74, 6) is -0.586. The van der Waals surface area contributed by atoms with Gasteiger partial charge in [0.1, 0.15) is 0 Å². The largest absolute Gasteiger partial charge is 0.481 e. The van der Waals surface area contributed by atoms with E-state index in [2.05, 4.69) is 12.1 Å². The minimum Gasteiger partial charge on any atom is -0.481 e. The number of aryl methyl sites for hydroxylation is 2. The molecular weight excluding hydrogens is 384 g/mol. The number of carboxylic acids is 1. The number of ketones is 1. The highest BCUT2D eigenvalue weighted by atomic mass is 16.4. The monoisotopic (exact) mass is 422 g/mol. The number of hydrogen-bond donors (Lipinski definition) is 1. The van der Waals surface area contributed by atoms with E-state index in [0.29, 0.717) is 6.42 Å². The topological polar surface area (TPSA) is 54.4 Å². The van der Waals surface area contributed by atoms with Crippen molar-refractivity contribution >= 4 is 11.8 Å². The molecule has 0 amide bonds. The molecule has 0 fully saturated rings. The predicted molar refractivity (Wildman–Crippen MR) is 128 cm³/mol. The highest BCUT2D eigenvalue weighted by molar-refractivity contribution is 6.08. The Kier molecular flexibility index (Phi) is 11.7. The standard InChI is InChI=1S/C28H38O3/c1-23-15-19-25(20-16-23)28(31)26-21-17-24(18-22-26)13-11-9-7-5-3-2-4-6-8-10-12-14-27(29)30/h15-22H,2-14H2,1H3,(H,29,30). The van der Waals surface area contributed by atoms with E-state index < -0.39 is 5.97 Å². The summed E-state index contributed by atoms with van der Waals surface area (Å²) in [5.41, 5.74) is 3.98. The highest BCUT2D eigenvalue weighted by Gasteiger charge is 2.08. The van der Waals surface area contributed by atoms with Crippen molar-refractivity contribution in [2.75, 3.05) is 0 Å². The molecule has 2 rings (SSSR count). The second-order valence-corrected chi connectivity index (χ2v) is 8.67. The Labute approximate surface area is 187 Å². The number of rotatable bonds is 16. The summed E-state index contributed by atoms with van der Waals surface area (Å²) < 4.78 is 0. The first-order chi connectivity index (χ1) is 15.1. The number of carbonyl (C=O) groups is 2. The van der Waals surface area contributed by atoms with Crippen molar-refractivity contribution in [1.29, 1.82) is 0 Å². The van der Waals surface area contributed by atoms with Crippen LogP contribution in [-0.4, -0.2) is 16.9 Å². The minimum atomic E-state index is -0.676. The van der Waals surface area contributed by atoms with Gasteiger partial charge in [-0.3, -0.25) is 9.59 Å². The molecule has 3 nitrogen and oxygen atoms in total. The van der Waals surface area contributed by atoms with Crippen LogP contribution in [0.1, 0.15) is 104 Å². The number of hydrogen-bond acceptors (Lipinski definition) is 2. The van der Waals surface area contributed by atoms with Crippen molar-refractivity contribution in [3.63, 3.8) is 0 Å². The number of unbranched alkanes of at least 4 members (excludes halogenated alkanes) is 10. The van der Waals surface area contributed by atoms with Crippen LogP contribution in [0.3, 0.4) is 0 Å². The SMILES string of the molecule is Cc1ccc(C(=O)c2ccc(CCCCCCCCCCCCCC(=O)O)cc2)cc1. The first kappa shape index (κ1) is 24.8. The van der Waals surface area contributed by atoms with Crippen molar-refractivity contribution < 1.29 is 14.7 Å². The molecule has 0 unspecified atom stereocenters. The molecule has 0 saturated carbocycles. The van der Waals surface area contributed by atoms with E-state index >= 15 is 0 Å². The van der Waals surface area contributed by atoms with E-state index in [4.69, 9.17) is 5.11 Å². The van der Waals surface area contributed by atoms with Crippen molar-refractivity contribution in [2.45, 2.75) is 90.4 Å². The fraction of sp³-hybridized carbons (Fsp3) is 0.500. The number of carbonyl (C=O) groups excluding carboxylic acids is 1. The van der Waals surface area contributed by atoms with E-state index in [0.717, 1.165) is 36.0 Å². The van der Waals surface area contributed by atoms with E-state index in [9.17, 15) is 9.59 Å². The average Bonchev–Trinajstić information content (AvgIpc) is 2.77. The van der Waals surface area contributed by atoms with E-state index in [1.807, 2.05) is 43.3 Å². The van der Waals surface area contributed by atoms with Crippen LogP contribution >= 0.6 is 0 Å². The lowest BCUT2D eigenvalue weighted by molar-refractivity contribution is -0.137. The highest BCUT2D eigenvalue weighted by Crippen LogP contribution is 2.15. The molecule has 168 valence electrons. The molecule has 3 heteroatoms. The van der Waals surface area contributed by atoms with E-state index in [1.54, 1.807) is 0 Å². The Morgan fingerprint density at radius 2 is 1.03 bits per heavy atom. The van der Waals surface area contributed by atoms with Crippen molar-refractivity contribution in [3.8, 4) is 0 Å². The molecule has 0 aliphatic heterocycles.